The average Bonchev–Trinajstić information content (AvgIpc) is 2.10. The molecule has 0 bridgehead atoms. The molecule has 1 aliphatic heterocycles. The van der Waals surface area contributed by atoms with E-state index in [0.717, 1.165) is 0 Å². The molecule has 0 aromatic heterocycles. The van der Waals surface area contributed by atoms with Gasteiger partial charge in [0.05, 0.1) is 0 Å². The van der Waals surface area contributed by atoms with Gasteiger partial charge in [0.2, 0.25) is 11.8 Å². The van der Waals surface area contributed by atoms with Crippen LogP contribution in [0.25, 0.3) is 0 Å². The highest BCUT2D eigenvalue weighted by Crippen LogP contribution is 2.11. The number of nitrogens with zero attached hydrogens (tertiary/aromatic N) is 1. The number of amides is 2. The zero-order valence-electron chi connectivity index (χ0n) is 8.33. The Labute approximate surface area is 78.3 Å². The van der Waals surface area contributed by atoms with E-state index in [1.165, 1.54) is 0 Å². The summed E-state index contributed by atoms with van der Waals surface area (Å²) in [5.41, 5.74) is 0. The van der Waals surface area contributed by atoms with Gasteiger partial charge in [0, 0.05) is 6.54 Å². The first-order valence-electron chi connectivity index (χ1n) is 4.72. The average molecular weight is 184 g/mol. The number of hydrogen-bond donors (Lipinski definition) is 1. The lowest BCUT2D eigenvalue weighted by Crippen LogP contribution is -2.62. The summed E-state index contributed by atoms with van der Waals surface area (Å²) in [6.07, 6.45) is 0.679. The van der Waals surface area contributed by atoms with E-state index in [-0.39, 0.29) is 23.9 Å². The topological polar surface area (TPSA) is 49.4 Å². The van der Waals surface area contributed by atoms with Crippen LogP contribution in [0.5, 0.6) is 0 Å². The van der Waals surface area contributed by atoms with Gasteiger partial charge in [-0.25, -0.2) is 0 Å². The Bertz CT molecular complexity index is 228. The molecule has 0 saturated carbocycles. The number of carbonyl (C=O) groups is 2. The number of piperazine rings is 1. The molecular formula is C9H16N2O2. The predicted molar refractivity (Wildman–Crippen MR) is 49.1 cm³/mol. The fraction of sp³-hybridized carbons (Fsp3) is 0.778. The van der Waals surface area contributed by atoms with Crippen LogP contribution in [0, 0.1) is 0 Å². The largest absolute Gasteiger partial charge is 0.343 e. The first-order valence-corrected chi connectivity index (χ1v) is 4.72. The summed E-state index contributed by atoms with van der Waals surface area (Å²) in [6, 6.07) is -0.635. The van der Waals surface area contributed by atoms with E-state index in [1.54, 1.807) is 11.8 Å². The van der Waals surface area contributed by atoms with Crippen LogP contribution in [0.4, 0.5) is 0 Å². The second-order valence-electron chi connectivity index (χ2n) is 3.28. The molecule has 1 heterocycles. The van der Waals surface area contributed by atoms with Crippen molar-refractivity contribution in [1.29, 1.82) is 0 Å². The maximum atomic E-state index is 11.6. The molecule has 0 spiro atoms. The molecule has 0 aromatic rings. The first kappa shape index (κ1) is 10.0. The van der Waals surface area contributed by atoms with Crippen molar-refractivity contribution >= 4 is 11.8 Å². The Balaban J connectivity index is 2.84. The third-order valence-electron chi connectivity index (χ3n) is 2.42. The normalized spacial score (nSPS) is 29.0. The zero-order chi connectivity index (χ0) is 10.0. The predicted octanol–water partition coefficient (Wildman–Crippen LogP) is 0.132. The van der Waals surface area contributed by atoms with Gasteiger partial charge in [-0.05, 0) is 20.3 Å². The summed E-state index contributed by atoms with van der Waals surface area (Å²) in [5.74, 6) is -0.00889. The highest BCUT2D eigenvalue weighted by Gasteiger charge is 2.36. The van der Waals surface area contributed by atoms with Gasteiger partial charge in [-0.15, -0.1) is 0 Å². The Morgan fingerprint density at radius 1 is 1.38 bits per heavy atom. The number of likely N-dealkylation sites (N-methyl/N-ethyl adjacent to an activating group) is 1. The number of nitrogens with one attached hydrogen (secondary N) is 1. The Morgan fingerprint density at radius 2 is 2.00 bits per heavy atom. The zero-order valence-corrected chi connectivity index (χ0v) is 8.33. The summed E-state index contributed by atoms with van der Waals surface area (Å²) >= 11 is 0. The Kier molecular flexibility index (Phi) is 2.90. The quantitative estimate of drug-likeness (QED) is 0.663. The maximum absolute atomic E-state index is 11.6. The highest BCUT2D eigenvalue weighted by molar-refractivity contribution is 5.96. The SMILES string of the molecule is CCC1C(=O)NC(C)C(=O)N1CC. The monoisotopic (exact) mass is 184 g/mol. The smallest absolute Gasteiger partial charge is 0.245 e. The summed E-state index contributed by atoms with van der Waals surface area (Å²) in [6.45, 7) is 6.13. The minimum atomic E-state index is -0.366. The highest BCUT2D eigenvalue weighted by atomic mass is 16.2. The van der Waals surface area contributed by atoms with Crippen LogP contribution in [0.3, 0.4) is 0 Å². The molecule has 1 saturated heterocycles. The molecule has 4 heteroatoms. The van der Waals surface area contributed by atoms with Gasteiger partial charge in [-0.2, -0.15) is 0 Å². The van der Waals surface area contributed by atoms with E-state index in [4.69, 9.17) is 0 Å². The van der Waals surface area contributed by atoms with Crippen LogP contribution in [-0.4, -0.2) is 35.3 Å². The molecule has 1 aliphatic rings. The van der Waals surface area contributed by atoms with Crippen molar-refractivity contribution in [2.75, 3.05) is 6.54 Å². The standard InChI is InChI=1S/C9H16N2O2/c1-4-7-8(12)10-6(3)9(13)11(7)5-2/h6-7H,4-5H2,1-3H3,(H,10,12). The van der Waals surface area contributed by atoms with Gasteiger partial charge >= 0.3 is 0 Å². The lowest BCUT2D eigenvalue weighted by molar-refractivity contribution is -0.148. The molecule has 4 nitrogen and oxygen atoms in total. The summed E-state index contributed by atoms with van der Waals surface area (Å²) in [5, 5.41) is 2.66. The van der Waals surface area contributed by atoms with Crippen molar-refractivity contribution < 1.29 is 9.59 Å². The number of rotatable bonds is 2. The summed E-state index contributed by atoms with van der Waals surface area (Å²) in [7, 11) is 0. The molecule has 1 fully saturated rings. The van der Waals surface area contributed by atoms with Gasteiger partial charge in [0.25, 0.3) is 0 Å². The molecule has 74 valence electrons. The second kappa shape index (κ2) is 3.77. The lowest BCUT2D eigenvalue weighted by atomic mass is 10.1. The van der Waals surface area contributed by atoms with E-state index in [2.05, 4.69) is 5.32 Å². The van der Waals surface area contributed by atoms with Crippen molar-refractivity contribution in [3.8, 4) is 0 Å². The van der Waals surface area contributed by atoms with Crippen molar-refractivity contribution in [2.24, 2.45) is 0 Å². The van der Waals surface area contributed by atoms with E-state index < -0.39 is 0 Å². The third kappa shape index (κ3) is 1.66. The van der Waals surface area contributed by atoms with Crippen molar-refractivity contribution in [3.05, 3.63) is 0 Å². The van der Waals surface area contributed by atoms with E-state index >= 15 is 0 Å². The van der Waals surface area contributed by atoms with Crippen molar-refractivity contribution in [2.45, 2.75) is 39.3 Å². The van der Waals surface area contributed by atoms with Gasteiger partial charge in [-0.1, -0.05) is 6.92 Å². The molecule has 0 aliphatic carbocycles. The molecule has 0 aromatic carbocycles. The maximum Gasteiger partial charge on any atom is 0.245 e. The van der Waals surface area contributed by atoms with Gasteiger partial charge in [-0.3, -0.25) is 9.59 Å². The molecule has 2 amide bonds. The fourth-order valence-electron chi connectivity index (χ4n) is 1.70. The van der Waals surface area contributed by atoms with E-state index in [1.807, 2.05) is 13.8 Å². The number of carbonyl (C=O) groups excluding carboxylic acids is 2. The van der Waals surface area contributed by atoms with E-state index in [0.29, 0.717) is 13.0 Å². The third-order valence-corrected chi connectivity index (χ3v) is 2.42. The van der Waals surface area contributed by atoms with Crippen LogP contribution < -0.4 is 5.32 Å². The van der Waals surface area contributed by atoms with Crippen molar-refractivity contribution in [1.82, 2.24) is 10.2 Å². The van der Waals surface area contributed by atoms with Crippen LogP contribution in [-0.2, 0) is 9.59 Å². The molecule has 0 radical (unpaired) electrons. The minimum Gasteiger partial charge on any atom is -0.343 e. The second-order valence-corrected chi connectivity index (χ2v) is 3.28. The lowest BCUT2D eigenvalue weighted by Gasteiger charge is -2.36. The Hall–Kier alpha value is -1.06. The first-order chi connectivity index (χ1) is 6.11. The van der Waals surface area contributed by atoms with Crippen LogP contribution in [0.2, 0.25) is 0 Å². The van der Waals surface area contributed by atoms with Crippen LogP contribution in [0.1, 0.15) is 27.2 Å². The van der Waals surface area contributed by atoms with Gasteiger partial charge in [0.1, 0.15) is 12.1 Å². The molecule has 2 atom stereocenters. The van der Waals surface area contributed by atoms with Gasteiger partial charge in [0.15, 0.2) is 0 Å². The van der Waals surface area contributed by atoms with Crippen molar-refractivity contribution in [3.63, 3.8) is 0 Å². The minimum absolute atomic E-state index is 0.0222. The van der Waals surface area contributed by atoms with Crippen LogP contribution >= 0.6 is 0 Å². The Morgan fingerprint density at radius 3 is 2.46 bits per heavy atom. The summed E-state index contributed by atoms with van der Waals surface area (Å²) < 4.78 is 0. The summed E-state index contributed by atoms with van der Waals surface area (Å²) in [4.78, 5) is 24.7. The van der Waals surface area contributed by atoms with E-state index in [9.17, 15) is 9.59 Å². The molecule has 1 rings (SSSR count). The molecule has 1 N–H and O–H groups in total. The molecule has 2 unspecified atom stereocenters. The van der Waals surface area contributed by atoms with Gasteiger partial charge < -0.3 is 10.2 Å². The molecule has 13 heavy (non-hydrogen) atoms. The number of hydrogen-bond acceptors (Lipinski definition) is 2. The molecular weight excluding hydrogens is 168 g/mol. The fourth-order valence-corrected chi connectivity index (χ4v) is 1.70. The van der Waals surface area contributed by atoms with Crippen LogP contribution in [0.15, 0.2) is 0 Å².